The lowest BCUT2D eigenvalue weighted by atomic mass is 10.1. The van der Waals surface area contributed by atoms with Crippen LogP contribution in [0.25, 0.3) is 0 Å². The van der Waals surface area contributed by atoms with Gasteiger partial charge in [-0.15, -0.1) is 0 Å². The Morgan fingerprint density at radius 1 is 0.766 bits per heavy atom. The van der Waals surface area contributed by atoms with Gasteiger partial charge in [-0.05, 0) is 31.0 Å². The van der Waals surface area contributed by atoms with Crippen molar-refractivity contribution < 1.29 is 59.9 Å². The number of para-hydroxylation sites is 1. The molecule has 3 rings (SSSR count). The van der Waals surface area contributed by atoms with Crippen molar-refractivity contribution in [3.63, 3.8) is 0 Å². The van der Waals surface area contributed by atoms with E-state index in [0.717, 1.165) is 25.1 Å². The van der Waals surface area contributed by atoms with Crippen LogP contribution in [-0.4, -0.2) is 48.1 Å². The lowest BCUT2D eigenvalue weighted by molar-refractivity contribution is -0.138. The van der Waals surface area contributed by atoms with Crippen LogP contribution >= 0.6 is 0 Å². The minimum atomic E-state index is -1.93. The number of nitrogens with one attached hydrogen (secondary N) is 4. The fraction of sp³-hybridized carbons (Fsp3) is 0.233. The van der Waals surface area contributed by atoms with Crippen molar-refractivity contribution in [1.29, 1.82) is 0 Å². The SMILES string of the molecule is C[C@H](NC(=O)C(=O)Nc1c(F)cccc1F)C(=O)N[C@@H](CCC(=O)NOCc1ccccc1)C(=O)COc1c(F)c(F)cc(F)c1F. The molecule has 11 nitrogen and oxygen atoms in total. The molecule has 4 amide bonds. The van der Waals surface area contributed by atoms with Gasteiger partial charge < -0.3 is 20.7 Å². The number of halogens is 6. The van der Waals surface area contributed by atoms with Crippen LogP contribution in [0, 0.1) is 34.9 Å². The number of rotatable bonds is 14. The Hall–Kier alpha value is -5.45. The quantitative estimate of drug-likeness (QED) is 0.0892. The van der Waals surface area contributed by atoms with E-state index in [-0.39, 0.29) is 12.7 Å². The zero-order valence-electron chi connectivity index (χ0n) is 24.3. The predicted molar refractivity (Wildman–Crippen MR) is 150 cm³/mol. The Kier molecular flexibility index (Phi) is 12.8. The van der Waals surface area contributed by atoms with E-state index in [9.17, 15) is 50.3 Å². The van der Waals surface area contributed by atoms with Gasteiger partial charge in [-0.3, -0.25) is 28.8 Å². The van der Waals surface area contributed by atoms with Gasteiger partial charge in [0.15, 0.2) is 23.2 Å². The van der Waals surface area contributed by atoms with Gasteiger partial charge in [0, 0.05) is 12.5 Å². The van der Waals surface area contributed by atoms with E-state index in [4.69, 9.17) is 4.84 Å². The zero-order chi connectivity index (χ0) is 34.7. The molecule has 0 aliphatic rings. The molecule has 0 aliphatic carbocycles. The Morgan fingerprint density at radius 2 is 1.38 bits per heavy atom. The third-order valence-corrected chi connectivity index (χ3v) is 6.21. The highest BCUT2D eigenvalue weighted by molar-refractivity contribution is 6.40. The fourth-order valence-corrected chi connectivity index (χ4v) is 3.75. The second-order valence-electron chi connectivity index (χ2n) is 9.70. The first-order chi connectivity index (χ1) is 22.3. The second kappa shape index (κ2) is 16.7. The molecule has 0 heterocycles. The molecule has 3 aromatic carbocycles. The minimum Gasteiger partial charge on any atom is -0.479 e. The molecule has 0 bridgehead atoms. The number of hydrogen-bond donors (Lipinski definition) is 4. The monoisotopic (exact) mass is 668 g/mol. The van der Waals surface area contributed by atoms with Crippen LogP contribution in [0.3, 0.4) is 0 Å². The fourth-order valence-electron chi connectivity index (χ4n) is 3.75. The highest BCUT2D eigenvalue weighted by Crippen LogP contribution is 2.26. The summed E-state index contributed by atoms with van der Waals surface area (Å²) in [6.45, 7) is -0.201. The summed E-state index contributed by atoms with van der Waals surface area (Å²) in [4.78, 5) is 67.6. The normalized spacial score (nSPS) is 12.0. The molecule has 0 unspecified atom stereocenters. The third-order valence-electron chi connectivity index (χ3n) is 6.21. The van der Waals surface area contributed by atoms with Gasteiger partial charge in [0.05, 0.1) is 12.6 Å². The number of carbonyl (C=O) groups is 5. The van der Waals surface area contributed by atoms with Gasteiger partial charge in [0.1, 0.15) is 30.0 Å². The molecule has 0 saturated heterocycles. The van der Waals surface area contributed by atoms with Crippen molar-refractivity contribution >= 4 is 35.1 Å². The van der Waals surface area contributed by atoms with Crippen LogP contribution in [0.2, 0.25) is 0 Å². The van der Waals surface area contributed by atoms with E-state index < -0.39 is 107 Å². The standard InChI is InChI=1S/C30H26F6N4O7/c1-15(37-29(44)30(45)39-26-17(31)8-5-9-18(26)32)28(43)38-21(10-11-23(42)40-47-13-16-6-3-2-4-7-16)22(41)14-46-27-24(35)19(33)12-20(34)25(27)36/h2-9,12,15,21H,10-11,13-14H2,1H3,(H,37,44)(H,38,43)(H,39,45)(H,40,42)/t15-,21-/m0/s1. The summed E-state index contributed by atoms with van der Waals surface area (Å²) in [6, 6.07) is 7.99. The Labute approximate surface area is 262 Å². The van der Waals surface area contributed by atoms with Gasteiger partial charge >= 0.3 is 11.8 Å². The Balaban J connectivity index is 1.65. The average Bonchev–Trinajstić information content (AvgIpc) is 3.03. The number of benzene rings is 3. The van der Waals surface area contributed by atoms with Crippen molar-refractivity contribution in [2.24, 2.45) is 0 Å². The average molecular weight is 669 g/mol. The number of hydroxylamine groups is 1. The van der Waals surface area contributed by atoms with Crippen molar-refractivity contribution in [3.05, 3.63) is 95.1 Å². The summed E-state index contributed by atoms with van der Waals surface area (Å²) in [5.41, 5.74) is 1.91. The number of hydrogen-bond acceptors (Lipinski definition) is 7. The molecule has 17 heteroatoms. The van der Waals surface area contributed by atoms with Crippen molar-refractivity contribution in [3.8, 4) is 5.75 Å². The summed E-state index contributed by atoms with van der Waals surface area (Å²) < 4.78 is 87.4. The van der Waals surface area contributed by atoms with Crippen molar-refractivity contribution in [1.82, 2.24) is 16.1 Å². The first-order valence-electron chi connectivity index (χ1n) is 13.6. The highest BCUT2D eigenvalue weighted by Gasteiger charge is 2.29. The zero-order valence-corrected chi connectivity index (χ0v) is 24.3. The Morgan fingerprint density at radius 3 is 2.00 bits per heavy atom. The maximum Gasteiger partial charge on any atom is 0.313 e. The molecule has 3 aromatic rings. The van der Waals surface area contributed by atoms with Gasteiger partial charge in [0.2, 0.25) is 23.4 Å². The lowest BCUT2D eigenvalue weighted by Gasteiger charge is -2.21. The summed E-state index contributed by atoms with van der Waals surface area (Å²) in [5, 5.41) is 5.82. The van der Waals surface area contributed by atoms with Crippen molar-refractivity contribution in [2.45, 2.75) is 38.5 Å². The molecule has 0 saturated carbocycles. The van der Waals surface area contributed by atoms with Crippen LogP contribution in [0.4, 0.5) is 32.0 Å². The van der Waals surface area contributed by atoms with Gasteiger partial charge in [0.25, 0.3) is 0 Å². The Bertz CT molecular complexity index is 1600. The lowest BCUT2D eigenvalue weighted by Crippen LogP contribution is -2.53. The van der Waals surface area contributed by atoms with Crippen LogP contribution < -0.4 is 26.2 Å². The van der Waals surface area contributed by atoms with Crippen LogP contribution in [0.5, 0.6) is 5.75 Å². The largest absolute Gasteiger partial charge is 0.479 e. The summed E-state index contributed by atoms with van der Waals surface area (Å²) in [6.07, 6.45) is -0.967. The molecule has 0 radical (unpaired) electrons. The molecular formula is C30H26F6N4O7. The smallest absolute Gasteiger partial charge is 0.313 e. The highest BCUT2D eigenvalue weighted by atomic mass is 19.2. The molecular weight excluding hydrogens is 642 g/mol. The number of carbonyl (C=O) groups excluding carboxylic acids is 5. The molecule has 0 aromatic heterocycles. The van der Waals surface area contributed by atoms with Crippen LogP contribution in [-0.2, 0) is 35.4 Å². The van der Waals surface area contributed by atoms with E-state index in [1.165, 1.54) is 0 Å². The maximum absolute atomic E-state index is 14.0. The number of amides is 4. The summed E-state index contributed by atoms with van der Waals surface area (Å²) in [5.74, 6) is -17.5. The van der Waals surface area contributed by atoms with Gasteiger partial charge in [-0.1, -0.05) is 36.4 Å². The van der Waals surface area contributed by atoms with E-state index in [1.54, 1.807) is 35.6 Å². The van der Waals surface area contributed by atoms with Crippen molar-refractivity contribution in [2.75, 3.05) is 11.9 Å². The molecule has 2 atom stereocenters. The van der Waals surface area contributed by atoms with E-state index in [0.29, 0.717) is 5.56 Å². The number of Topliss-reactive ketones (excluding diaryl/α,β-unsaturated/α-hetero) is 1. The van der Waals surface area contributed by atoms with Crippen LogP contribution in [0.15, 0.2) is 54.6 Å². The third kappa shape index (κ3) is 10.3. The van der Waals surface area contributed by atoms with E-state index in [2.05, 4.69) is 15.5 Å². The molecule has 47 heavy (non-hydrogen) atoms. The first kappa shape index (κ1) is 36.0. The molecule has 4 N–H and O–H groups in total. The topological polar surface area (TPSA) is 152 Å². The maximum atomic E-state index is 14.0. The summed E-state index contributed by atoms with van der Waals surface area (Å²) in [7, 11) is 0. The minimum absolute atomic E-state index is 0.0187. The number of ether oxygens (including phenoxy) is 1. The second-order valence-corrected chi connectivity index (χ2v) is 9.70. The molecule has 0 fully saturated rings. The van der Waals surface area contributed by atoms with E-state index in [1.807, 2.05) is 5.32 Å². The molecule has 0 spiro atoms. The van der Waals surface area contributed by atoms with E-state index >= 15 is 0 Å². The summed E-state index contributed by atoms with van der Waals surface area (Å²) >= 11 is 0. The van der Waals surface area contributed by atoms with Gasteiger partial charge in [-0.2, -0.15) is 8.78 Å². The number of ketones is 1. The molecule has 250 valence electrons. The van der Waals surface area contributed by atoms with Gasteiger partial charge in [-0.25, -0.2) is 23.0 Å². The molecule has 0 aliphatic heterocycles. The van der Waals surface area contributed by atoms with Crippen LogP contribution in [0.1, 0.15) is 25.3 Å². The first-order valence-corrected chi connectivity index (χ1v) is 13.6. The number of anilines is 1. The predicted octanol–water partition coefficient (Wildman–Crippen LogP) is 3.13.